The van der Waals surface area contributed by atoms with Gasteiger partial charge >= 0.3 is 5.97 Å². The number of carbonyl (C=O) groups excluding carboxylic acids is 2. The molecule has 0 fully saturated rings. The number of halogens is 2. The topological polar surface area (TPSA) is 82.4 Å². The zero-order chi connectivity index (χ0) is 22.8. The van der Waals surface area contributed by atoms with Gasteiger partial charge in [-0.05, 0) is 55.5 Å². The summed E-state index contributed by atoms with van der Waals surface area (Å²) < 4.78 is 12.0. The predicted molar refractivity (Wildman–Crippen MR) is 126 cm³/mol. The van der Waals surface area contributed by atoms with Gasteiger partial charge in [0, 0.05) is 16.1 Å². The molecule has 2 aromatic carbocycles. The van der Waals surface area contributed by atoms with Gasteiger partial charge in [0.2, 0.25) is 0 Å². The fourth-order valence-corrected chi connectivity index (χ4v) is 4.51. The fraction of sp³-hybridized carbons (Fsp3) is 0.136. The van der Waals surface area contributed by atoms with Gasteiger partial charge in [-0.2, -0.15) is 5.10 Å². The molecule has 4 rings (SSSR count). The van der Waals surface area contributed by atoms with Crippen molar-refractivity contribution >= 4 is 62.3 Å². The van der Waals surface area contributed by atoms with Crippen LogP contribution in [0.4, 0.5) is 5.69 Å². The number of carbonyl (C=O) groups is 2. The van der Waals surface area contributed by atoms with Crippen molar-refractivity contribution in [3.05, 3.63) is 69.1 Å². The molecule has 1 N–H and O–H groups in total. The number of nitrogens with one attached hydrogen (secondary N) is 1. The summed E-state index contributed by atoms with van der Waals surface area (Å²) in [6, 6.07) is 13.8. The van der Waals surface area contributed by atoms with Crippen molar-refractivity contribution < 1.29 is 19.1 Å². The molecule has 1 amide bonds. The van der Waals surface area contributed by atoms with Crippen LogP contribution in [0, 0.1) is 6.92 Å². The van der Waals surface area contributed by atoms with E-state index < -0.39 is 18.5 Å². The SMILES string of the molecule is COc1ccc(NC(=O)COC(=O)c2cc3c(C)nn(-c4ccc(Cl)cc4)c3s2)cc1Cl. The highest BCUT2D eigenvalue weighted by atomic mass is 35.5. The van der Waals surface area contributed by atoms with Crippen LogP contribution in [0.25, 0.3) is 15.9 Å². The molecule has 7 nitrogen and oxygen atoms in total. The van der Waals surface area contributed by atoms with Crippen LogP contribution in [0.1, 0.15) is 15.4 Å². The molecule has 0 aliphatic heterocycles. The van der Waals surface area contributed by atoms with E-state index in [0.717, 1.165) is 21.6 Å². The van der Waals surface area contributed by atoms with Gasteiger partial charge in [0.05, 0.1) is 23.5 Å². The Morgan fingerprint density at radius 2 is 1.88 bits per heavy atom. The van der Waals surface area contributed by atoms with Crippen molar-refractivity contribution in [1.29, 1.82) is 0 Å². The molecular formula is C22H17Cl2N3O4S. The molecule has 0 saturated heterocycles. The minimum atomic E-state index is -0.587. The number of aromatic nitrogens is 2. The van der Waals surface area contributed by atoms with E-state index >= 15 is 0 Å². The molecule has 0 saturated carbocycles. The van der Waals surface area contributed by atoms with Gasteiger partial charge in [-0.1, -0.05) is 23.2 Å². The van der Waals surface area contributed by atoms with Crippen LogP contribution in [-0.2, 0) is 9.53 Å². The van der Waals surface area contributed by atoms with Crippen LogP contribution < -0.4 is 10.1 Å². The molecule has 32 heavy (non-hydrogen) atoms. The van der Waals surface area contributed by atoms with Gasteiger partial charge in [-0.3, -0.25) is 4.79 Å². The Morgan fingerprint density at radius 1 is 1.12 bits per heavy atom. The average molecular weight is 490 g/mol. The number of anilines is 1. The highest BCUT2D eigenvalue weighted by molar-refractivity contribution is 7.20. The molecular weight excluding hydrogens is 473 g/mol. The summed E-state index contributed by atoms with van der Waals surface area (Å²) in [5, 5.41) is 8.99. The lowest BCUT2D eigenvalue weighted by Gasteiger charge is -2.08. The van der Waals surface area contributed by atoms with Crippen LogP contribution in [-0.4, -0.2) is 35.4 Å². The summed E-state index contributed by atoms with van der Waals surface area (Å²) in [5.41, 5.74) is 2.07. The Balaban J connectivity index is 1.45. The Kier molecular flexibility index (Phi) is 6.36. The number of amides is 1. The normalized spacial score (nSPS) is 10.9. The molecule has 0 spiro atoms. The van der Waals surface area contributed by atoms with Crippen LogP contribution in [0.15, 0.2) is 48.5 Å². The molecule has 0 aliphatic carbocycles. The Morgan fingerprint density at radius 3 is 2.56 bits per heavy atom. The van der Waals surface area contributed by atoms with E-state index in [9.17, 15) is 9.59 Å². The van der Waals surface area contributed by atoms with Crippen molar-refractivity contribution in [2.24, 2.45) is 0 Å². The standard InChI is InChI=1S/C22H17Cl2N3O4S/c1-12-16-10-19(32-21(16)27(26-12)15-6-3-13(23)4-7-15)22(29)31-11-20(28)25-14-5-8-18(30-2)17(24)9-14/h3-10H,11H2,1-2H3,(H,25,28). The number of benzene rings is 2. The summed E-state index contributed by atoms with van der Waals surface area (Å²) in [6.45, 7) is 1.43. The number of esters is 1. The van der Waals surface area contributed by atoms with Gasteiger partial charge in [0.1, 0.15) is 15.5 Å². The monoisotopic (exact) mass is 489 g/mol. The van der Waals surface area contributed by atoms with Gasteiger partial charge in [0.25, 0.3) is 5.91 Å². The van der Waals surface area contributed by atoms with Gasteiger partial charge in [-0.25, -0.2) is 9.48 Å². The smallest absolute Gasteiger partial charge is 0.348 e. The lowest BCUT2D eigenvalue weighted by molar-refractivity contribution is -0.119. The lowest BCUT2D eigenvalue weighted by atomic mass is 10.3. The lowest BCUT2D eigenvalue weighted by Crippen LogP contribution is -2.20. The van der Waals surface area contributed by atoms with Crippen LogP contribution in [0.5, 0.6) is 5.75 Å². The van der Waals surface area contributed by atoms with E-state index in [-0.39, 0.29) is 0 Å². The number of methoxy groups -OCH3 is 1. The second-order valence-electron chi connectivity index (χ2n) is 6.78. The van der Waals surface area contributed by atoms with Crippen molar-refractivity contribution in [3.8, 4) is 11.4 Å². The van der Waals surface area contributed by atoms with Crippen LogP contribution in [0.2, 0.25) is 10.0 Å². The van der Waals surface area contributed by atoms with Crippen molar-refractivity contribution in [3.63, 3.8) is 0 Å². The molecule has 0 radical (unpaired) electrons. The number of thiophene rings is 1. The number of hydrogen-bond donors (Lipinski definition) is 1. The zero-order valence-electron chi connectivity index (χ0n) is 17.0. The average Bonchev–Trinajstić information content (AvgIpc) is 3.34. The molecule has 10 heteroatoms. The van der Waals surface area contributed by atoms with E-state index in [1.54, 1.807) is 41.1 Å². The summed E-state index contributed by atoms with van der Waals surface area (Å²) in [7, 11) is 1.50. The first kappa shape index (κ1) is 22.1. The second-order valence-corrected chi connectivity index (χ2v) is 8.65. The zero-order valence-corrected chi connectivity index (χ0v) is 19.3. The van der Waals surface area contributed by atoms with Gasteiger partial charge in [-0.15, -0.1) is 11.3 Å². The van der Waals surface area contributed by atoms with Crippen molar-refractivity contribution in [2.45, 2.75) is 6.92 Å². The summed E-state index contributed by atoms with van der Waals surface area (Å²) in [5.74, 6) is -0.575. The maximum atomic E-state index is 12.5. The number of nitrogens with zero attached hydrogens (tertiary/aromatic N) is 2. The van der Waals surface area contributed by atoms with E-state index in [2.05, 4.69) is 10.4 Å². The number of hydrogen-bond acceptors (Lipinski definition) is 6. The van der Waals surface area contributed by atoms with E-state index in [1.807, 2.05) is 19.1 Å². The molecule has 2 aromatic heterocycles. The minimum absolute atomic E-state index is 0.359. The fourth-order valence-electron chi connectivity index (χ4n) is 3.05. The number of fused-ring (bicyclic) bond motifs is 1. The van der Waals surface area contributed by atoms with E-state index in [1.165, 1.54) is 18.4 Å². The number of aryl methyl sites for hydroxylation is 1. The minimum Gasteiger partial charge on any atom is -0.495 e. The number of rotatable bonds is 6. The van der Waals surface area contributed by atoms with E-state index in [4.69, 9.17) is 32.7 Å². The third kappa shape index (κ3) is 4.57. The van der Waals surface area contributed by atoms with Gasteiger partial charge in [0.15, 0.2) is 6.61 Å². The largest absolute Gasteiger partial charge is 0.495 e. The Hall–Kier alpha value is -3.07. The first-order valence-corrected chi connectivity index (χ1v) is 11.0. The van der Waals surface area contributed by atoms with Crippen LogP contribution in [0.3, 0.4) is 0 Å². The van der Waals surface area contributed by atoms with Crippen molar-refractivity contribution in [2.75, 3.05) is 19.0 Å². The molecule has 0 aliphatic rings. The predicted octanol–water partition coefficient (Wildman–Crippen LogP) is 5.51. The molecule has 164 valence electrons. The molecule has 0 bridgehead atoms. The third-order valence-electron chi connectivity index (χ3n) is 4.59. The third-order valence-corrected chi connectivity index (χ3v) is 6.22. The Bertz CT molecular complexity index is 1310. The highest BCUT2D eigenvalue weighted by Crippen LogP contribution is 2.31. The maximum Gasteiger partial charge on any atom is 0.348 e. The number of ether oxygens (including phenoxy) is 2. The molecule has 2 heterocycles. The highest BCUT2D eigenvalue weighted by Gasteiger charge is 2.19. The molecule has 0 unspecified atom stereocenters. The summed E-state index contributed by atoms with van der Waals surface area (Å²) >= 11 is 13.3. The quantitative estimate of drug-likeness (QED) is 0.361. The second kappa shape index (κ2) is 9.20. The first-order valence-electron chi connectivity index (χ1n) is 9.41. The molecule has 0 atom stereocenters. The van der Waals surface area contributed by atoms with E-state index in [0.29, 0.717) is 26.4 Å². The van der Waals surface area contributed by atoms with Crippen molar-refractivity contribution in [1.82, 2.24) is 9.78 Å². The summed E-state index contributed by atoms with van der Waals surface area (Å²) in [6.07, 6.45) is 0. The maximum absolute atomic E-state index is 12.5. The first-order chi connectivity index (χ1) is 15.4. The Labute approximate surface area is 197 Å². The molecule has 4 aromatic rings. The van der Waals surface area contributed by atoms with Crippen LogP contribution >= 0.6 is 34.5 Å². The summed E-state index contributed by atoms with van der Waals surface area (Å²) in [4.78, 5) is 25.9. The van der Waals surface area contributed by atoms with Gasteiger partial charge < -0.3 is 14.8 Å².